The Labute approximate surface area is 168 Å². The van der Waals surface area contributed by atoms with E-state index in [1.165, 1.54) is 0 Å². The summed E-state index contributed by atoms with van der Waals surface area (Å²) in [4.78, 5) is 13.8. The molecular formula is C18H27F3N4O3Si. The van der Waals surface area contributed by atoms with Crippen LogP contribution in [0.3, 0.4) is 0 Å². The second-order valence-electron chi connectivity index (χ2n) is 9.84. The molecule has 162 valence electrons. The molecule has 0 radical (unpaired) electrons. The molecule has 0 atom stereocenters. The molecule has 0 aromatic carbocycles. The minimum absolute atomic E-state index is 0.101. The van der Waals surface area contributed by atoms with Crippen molar-refractivity contribution in [1.82, 2.24) is 15.1 Å². The highest BCUT2D eigenvalue weighted by atomic mass is 28.3. The van der Waals surface area contributed by atoms with Crippen LogP contribution in [0.5, 0.6) is 0 Å². The highest BCUT2D eigenvalue weighted by Gasteiger charge is 2.70. The lowest BCUT2D eigenvalue weighted by atomic mass is 9.44. The Bertz CT molecular complexity index is 766. The first-order valence-corrected chi connectivity index (χ1v) is 13.6. The van der Waals surface area contributed by atoms with Crippen LogP contribution in [0.4, 0.5) is 23.7 Å². The quantitative estimate of drug-likeness (QED) is 0.670. The zero-order valence-electron chi connectivity index (χ0n) is 16.9. The maximum atomic E-state index is 12.2. The van der Waals surface area contributed by atoms with E-state index in [0.717, 1.165) is 31.0 Å². The molecule has 2 heterocycles. The van der Waals surface area contributed by atoms with Gasteiger partial charge in [-0.05, 0) is 25.3 Å². The molecule has 1 N–H and O–H groups in total. The molecule has 0 unspecified atom stereocenters. The number of carbonyl (C=O) groups is 1. The zero-order valence-corrected chi connectivity index (χ0v) is 17.9. The van der Waals surface area contributed by atoms with Gasteiger partial charge in [0.1, 0.15) is 6.10 Å². The van der Waals surface area contributed by atoms with E-state index < -0.39 is 20.5 Å². The number of nitrogens with zero attached hydrogens (tertiary/aromatic N) is 3. The van der Waals surface area contributed by atoms with Gasteiger partial charge in [-0.1, -0.05) is 19.6 Å². The minimum atomic E-state index is -4.59. The zero-order chi connectivity index (χ0) is 21.1. The molecule has 3 saturated carbocycles. The monoisotopic (exact) mass is 432 g/mol. The van der Waals surface area contributed by atoms with Gasteiger partial charge in [0.05, 0.1) is 29.6 Å². The average molecular weight is 433 g/mol. The molecule has 11 heteroatoms. The largest absolute Gasteiger partial charge is 0.522 e. The summed E-state index contributed by atoms with van der Waals surface area (Å²) >= 11 is 0. The average Bonchev–Trinajstić information content (AvgIpc) is 2.91. The number of aromatic nitrogens is 2. The number of carbonyl (C=O) groups excluding carboxylic acids is 1. The van der Waals surface area contributed by atoms with Crippen molar-refractivity contribution in [2.75, 3.05) is 24.6 Å². The molecule has 2 bridgehead atoms. The van der Waals surface area contributed by atoms with E-state index >= 15 is 0 Å². The molecule has 1 amide bonds. The fourth-order valence-electron chi connectivity index (χ4n) is 4.46. The van der Waals surface area contributed by atoms with Gasteiger partial charge >= 0.3 is 12.5 Å². The highest BCUT2D eigenvalue weighted by Crippen LogP contribution is 2.65. The summed E-state index contributed by atoms with van der Waals surface area (Å²) < 4.78 is 47.9. The maximum Gasteiger partial charge on any atom is 0.522 e. The van der Waals surface area contributed by atoms with Crippen LogP contribution in [0.15, 0.2) is 12.4 Å². The molecule has 0 spiro atoms. The maximum absolute atomic E-state index is 12.2. The topological polar surface area (TPSA) is 68.6 Å². The van der Waals surface area contributed by atoms with Crippen LogP contribution in [-0.2, 0) is 15.0 Å². The Morgan fingerprint density at radius 3 is 2.55 bits per heavy atom. The van der Waals surface area contributed by atoms with Crippen molar-refractivity contribution in [3.05, 3.63) is 12.4 Å². The van der Waals surface area contributed by atoms with Gasteiger partial charge in [-0.3, -0.25) is 9.42 Å². The van der Waals surface area contributed by atoms with Gasteiger partial charge in [0.15, 0.2) is 0 Å². The molecule has 4 aliphatic rings. The van der Waals surface area contributed by atoms with Gasteiger partial charge < -0.3 is 15.0 Å². The number of rotatable bonds is 7. The minimum Gasteiger partial charge on any atom is -0.450 e. The summed E-state index contributed by atoms with van der Waals surface area (Å²) in [6, 6.07) is 0.943. The number of anilines is 1. The molecular weight excluding hydrogens is 405 g/mol. The summed E-state index contributed by atoms with van der Waals surface area (Å²) in [5.41, 5.74) is 0.492. The Balaban J connectivity index is 1.22. The molecule has 4 fully saturated rings. The number of hydrogen-bond acceptors (Lipinski definition) is 5. The lowest BCUT2D eigenvalue weighted by Crippen LogP contribution is -2.78. The van der Waals surface area contributed by atoms with Crippen molar-refractivity contribution in [1.29, 1.82) is 0 Å². The van der Waals surface area contributed by atoms with Crippen LogP contribution >= 0.6 is 0 Å². The Kier molecular flexibility index (Phi) is 4.69. The molecule has 5 rings (SSSR count). The summed E-state index contributed by atoms with van der Waals surface area (Å²) in [6.45, 7) is 7.57. The van der Waals surface area contributed by atoms with Crippen LogP contribution in [0, 0.1) is 0 Å². The Morgan fingerprint density at radius 2 is 1.97 bits per heavy atom. The van der Waals surface area contributed by atoms with Crippen LogP contribution in [0.25, 0.3) is 0 Å². The predicted molar refractivity (Wildman–Crippen MR) is 103 cm³/mol. The Morgan fingerprint density at radius 1 is 1.31 bits per heavy atom. The van der Waals surface area contributed by atoms with Crippen molar-refractivity contribution < 1.29 is 27.4 Å². The first-order valence-electron chi connectivity index (χ1n) is 9.87. The van der Waals surface area contributed by atoms with Crippen molar-refractivity contribution in [2.24, 2.45) is 0 Å². The smallest absolute Gasteiger partial charge is 0.450 e. The number of nitrogens with one attached hydrogen (secondary N) is 1. The number of ether oxygens (including phenoxy) is 2. The molecule has 1 aromatic heterocycles. The first-order chi connectivity index (χ1) is 13.4. The molecule has 1 aromatic rings. The summed E-state index contributed by atoms with van der Waals surface area (Å²) in [6.07, 6.45) is 0.164. The van der Waals surface area contributed by atoms with Gasteiger partial charge in [0.2, 0.25) is 0 Å². The van der Waals surface area contributed by atoms with E-state index in [0.29, 0.717) is 6.61 Å². The normalized spacial score (nSPS) is 29.0. The van der Waals surface area contributed by atoms with Crippen molar-refractivity contribution in [2.45, 2.75) is 68.5 Å². The third kappa shape index (κ3) is 4.25. The highest BCUT2D eigenvalue weighted by molar-refractivity contribution is 6.76. The molecule has 1 aliphatic heterocycles. The van der Waals surface area contributed by atoms with E-state index in [-0.39, 0.29) is 30.3 Å². The number of amides is 1. The summed E-state index contributed by atoms with van der Waals surface area (Å²) in [5.74, 6) is 0. The fourth-order valence-corrected chi connectivity index (χ4v) is 5.18. The van der Waals surface area contributed by atoms with Gasteiger partial charge in [-0.25, -0.2) is 4.79 Å². The van der Waals surface area contributed by atoms with E-state index in [2.05, 4.69) is 34.8 Å². The lowest BCUT2D eigenvalue weighted by Gasteiger charge is -2.69. The van der Waals surface area contributed by atoms with E-state index in [1.54, 1.807) is 6.20 Å². The van der Waals surface area contributed by atoms with E-state index in [1.807, 2.05) is 15.8 Å². The molecule has 7 nitrogen and oxygen atoms in total. The fraction of sp³-hybridized carbons (Fsp3) is 0.778. The number of alkyl carbamates (subject to hydrolysis) is 1. The number of hydrogen-bond donors (Lipinski definition) is 1. The van der Waals surface area contributed by atoms with Gasteiger partial charge in [-0.2, -0.15) is 5.10 Å². The summed E-state index contributed by atoms with van der Waals surface area (Å²) in [7, 11) is -1.23. The van der Waals surface area contributed by atoms with Crippen molar-refractivity contribution in [3.63, 3.8) is 0 Å². The van der Waals surface area contributed by atoms with Crippen LogP contribution in [0.1, 0.15) is 19.3 Å². The van der Waals surface area contributed by atoms with Crippen molar-refractivity contribution >= 4 is 19.9 Å². The standard InChI is InChI=1S/C18H27F3N4O3Si/c1-29(2,3)5-4-27-15(26)23-16-10-17(11-16,12-16)25-7-13(6-22-25)24-8-14(9-24)28-18(19,20)21/h6-7,14H,4-5,8-12H2,1-3H3,(H,23,26). The van der Waals surface area contributed by atoms with Crippen LogP contribution in [-0.4, -0.2) is 61.6 Å². The van der Waals surface area contributed by atoms with Crippen LogP contribution < -0.4 is 10.2 Å². The third-order valence-corrected chi connectivity index (χ3v) is 7.73. The second kappa shape index (κ2) is 6.63. The second-order valence-corrected chi connectivity index (χ2v) is 15.5. The summed E-state index contributed by atoms with van der Waals surface area (Å²) in [5, 5.41) is 7.41. The first kappa shape index (κ1) is 20.5. The van der Waals surface area contributed by atoms with E-state index in [9.17, 15) is 18.0 Å². The third-order valence-electron chi connectivity index (χ3n) is 6.02. The number of alkyl halides is 3. The predicted octanol–water partition coefficient (Wildman–Crippen LogP) is 3.30. The number of halogens is 3. The molecule has 3 aliphatic carbocycles. The van der Waals surface area contributed by atoms with Gasteiger partial charge in [0, 0.05) is 27.4 Å². The van der Waals surface area contributed by atoms with E-state index in [4.69, 9.17) is 4.74 Å². The van der Waals surface area contributed by atoms with Crippen LogP contribution in [0.2, 0.25) is 25.7 Å². The molecule has 1 saturated heterocycles. The Hall–Kier alpha value is -1.75. The van der Waals surface area contributed by atoms with Gasteiger partial charge in [0.25, 0.3) is 0 Å². The van der Waals surface area contributed by atoms with Crippen molar-refractivity contribution in [3.8, 4) is 0 Å². The lowest BCUT2D eigenvalue weighted by molar-refractivity contribution is -0.344. The SMILES string of the molecule is C[Si](C)(C)CCOC(=O)NC12CC(n3cc(N4CC(OC(F)(F)F)C4)cn3)(C1)C2. The van der Waals surface area contributed by atoms with Gasteiger partial charge in [-0.15, -0.1) is 13.2 Å². The molecule has 29 heavy (non-hydrogen) atoms.